The van der Waals surface area contributed by atoms with Gasteiger partial charge in [0.1, 0.15) is 11.1 Å². The van der Waals surface area contributed by atoms with E-state index < -0.39 is 0 Å². The summed E-state index contributed by atoms with van der Waals surface area (Å²) in [6, 6.07) is 53.2. The first-order valence-corrected chi connectivity index (χ1v) is 19.1. The lowest BCUT2D eigenvalue weighted by molar-refractivity contribution is 0.672. The van der Waals surface area contributed by atoms with Crippen LogP contribution in [0.1, 0.15) is 24.2 Å². The summed E-state index contributed by atoms with van der Waals surface area (Å²) in [6.07, 6.45) is 6.35. The molecule has 0 unspecified atom stereocenters. The van der Waals surface area contributed by atoms with Crippen molar-refractivity contribution in [3.63, 3.8) is 0 Å². The first-order chi connectivity index (χ1) is 26.7. The lowest BCUT2D eigenvalue weighted by atomic mass is 9.92. The maximum Gasteiger partial charge on any atom is 0.161 e. The zero-order chi connectivity index (χ0) is 35.6. The van der Waals surface area contributed by atoms with Crippen molar-refractivity contribution in [2.24, 2.45) is 0 Å². The van der Waals surface area contributed by atoms with Gasteiger partial charge in [0, 0.05) is 47.5 Å². The highest BCUT2D eigenvalue weighted by atomic mass is 32.1. The largest absolute Gasteiger partial charge is 0.454 e. The molecule has 4 heterocycles. The molecule has 0 atom stereocenters. The Labute approximate surface area is 315 Å². The fourth-order valence-electron chi connectivity index (χ4n) is 7.95. The third-order valence-corrected chi connectivity index (χ3v) is 11.8. The van der Waals surface area contributed by atoms with Crippen LogP contribution in [0.3, 0.4) is 0 Å². The summed E-state index contributed by atoms with van der Waals surface area (Å²) in [5, 5.41) is 5.78. The zero-order valence-electron chi connectivity index (χ0n) is 29.2. The van der Waals surface area contributed by atoms with E-state index in [9.17, 15) is 0 Å². The topological polar surface area (TPSA) is 51.8 Å². The van der Waals surface area contributed by atoms with Crippen LogP contribution in [0.25, 0.3) is 97.9 Å². The first kappa shape index (κ1) is 30.9. The highest BCUT2D eigenvalue weighted by Crippen LogP contribution is 2.41. The Kier molecular flexibility index (Phi) is 7.13. The van der Waals surface area contributed by atoms with Crippen molar-refractivity contribution in [2.45, 2.75) is 12.8 Å². The Balaban J connectivity index is 1.02. The average molecular weight is 710 g/mol. The molecule has 11 rings (SSSR count). The molecule has 4 nitrogen and oxygen atoms in total. The molecule has 0 saturated heterocycles. The molecule has 254 valence electrons. The van der Waals surface area contributed by atoms with Crippen LogP contribution in [-0.4, -0.2) is 15.0 Å². The molecule has 54 heavy (non-hydrogen) atoms. The summed E-state index contributed by atoms with van der Waals surface area (Å²) in [5.74, 6) is 0.713. The molecule has 0 fully saturated rings. The summed E-state index contributed by atoms with van der Waals surface area (Å²) < 4.78 is 8.98. The lowest BCUT2D eigenvalue weighted by Crippen LogP contribution is -2.01. The van der Waals surface area contributed by atoms with Gasteiger partial charge in [-0.05, 0) is 65.5 Å². The molecule has 0 radical (unpaired) electrons. The second-order valence-electron chi connectivity index (χ2n) is 13.8. The quantitative estimate of drug-likeness (QED) is 0.178. The average Bonchev–Trinajstić information content (AvgIpc) is 3.83. The van der Waals surface area contributed by atoms with Gasteiger partial charge in [-0.3, -0.25) is 0 Å². The summed E-state index contributed by atoms with van der Waals surface area (Å²) in [5.41, 5.74) is 12.1. The molecule has 0 N–H and O–H groups in total. The molecule has 0 saturated carbocycles. The Hall–Kier alpha value is -6.69. The van der Waals surface area contributed by atoms with E-state index in [4.69, 9.17) is 19.4 Å². The number of fused-ring (bicyclic) bond motifs is 8. The van der Waals surface area contributed by atoms with E-state index in [0.29, 0.717) is 5.82 Å². The number of rotatable bonds is 5. The van der Waals surface area contributed by atoms with Crippen LogP contribution in [0.2, 0.25) is 0 Å². The third kappa shape index (κ3) is 5.08. The van der Waals surface area contributed by atoms with Crippen LogP contribution in [0, 0.1) is 0 Å². The first-order valence-electron chi connectivity index (χ1n) is 18.3. The van der Waals surface area contributed by atoms with Gasteiger partial charge in [0.25, 0.3) is 0 Å². The summed E-state index contributed by atoms with van der Waals surface area (Å²) in [6.45, 7) is 0. The predicted octanol–water partition coefficient (Wildman–Crippen LogP) is 13.6. The number of furan rings is 1. The standard InChI is InChI=1S/C49H31N3OS/c1-2-12-31(13-3-1)41-29-42(51-49(50-41)32-26-24-30(25-27-32)35-20-11-21-39-36-16-7-9-23-44(36)54-48(35)39)33-14-10-15-34(28-33)45-37-17-4-5-18-38(37)47-46(52-45)40-19-6-8-22-43(40)53-47/h1-9,11-13,15-29H,10,14H2. The number of pyridine rings is 1. The van der Waals surface area contributed by atoms with E-state index in [1.807, 2.05) is 35.6 Å². The predicted molar refractivity (Wildman–Crippen MR) is 225 cm³/mol. The van der Waals surface area contributed by atoms with Crippen molar-refractivity contribution >= 4 is 75.5 Å². The highest BCUT2D eigenvalue weighted by Gasteiger charge is 2.20. The molecule has 4 aromatic heterocycles. The molecule has 1 aliphatic rings. The van der Waals surface area contributed by atoms with Crippen molar-refractivity contribution in [3.8, 4) is 33.8 Å². The fraction of sp³-hybridized carbons (Fsp3) is 0.0408. The summed E-state index contributed by atoms with van der Waals surface area (Å²) >= 11 is 1.86. The SMILES string of the molecule is C1=C(c2cc(-c3ccccc3)nc(-c3ccc(-c4cccc5c4sc4ccccc45)cc3)n2)CCC=C1c1nc2c3ccccc3oc2c2ccccc12. The van der Waals surface area contributed by atoms with Crippen molar-refractivity contribution in [1.29, 1.82) is 0 Å². The Morgan fingerprint density at radius 1 is 0.537 bits per heavy atom. The zero-order valence-corrected chi connectivity index (χ0v) is 30.0. The van der Waals surface area contributed by atoms with E-state index in [-0.39, 0.29) is 0 Å². The van der Waals surface area contributed by atoms with Gasteiger partial charge in [0.05, 0.1) is 17.1 Å². The minimum Gasteiger partial charge on any atom is -0.454 e. The maximum absolute atomic E-state index is 6.36. The van der Waals surface area contributed by atoms with Crippen LogP contribution in [0.15, 0.2) is 168 Å². The van der Waals surface area contributed by atoms with Gasteiger partial charge >= 0.3 is 0 Å². The monoisotopic (exact) mass is 709 g/mol. The van der Waals surface area contributed by atoms with E-state index in [2.05, 4.69) is 140 Å². The van der Waals surface area contributed by atoms with Crippen molar-refractivity contribution in [1.82, 2.24) is 15.0 Å². The number of hydrogen-bond acceptors (Lipinski definition) is 5. The minimum atomic E-state index is 0.713. The van der Waals surface area contributed by atoms with Gasteiger partial charge in [0.15, 0.2) is 11.4 Å². The van der Waals surface area contributed by atoms with E-state index in [0.717, 1.165) is 79.5 Å². The molecular formula is C49H31N3OS. The number of nitrogens with zero attached hydrogens (tertiary/aromatic N) is 3. The van der Waals surface area contributed by atoms with Crippen LogP contribution in [-0.2, 0) is 0 Å². The molecule has 5 heteroatoms. The second-order valence-corrected chi connectivity index (χ2v) is 14.9. The molecule has 0 spiro atoms. The minimum absolute atomic E-state index is 0.713. The lowest BCUT2D eigenvalue weighted by Gasteiger charge is -2.17. The van der Waals surface area contributed by atoms with Crippen LogP contribution in [0.5, 0.6) is 0 Å². The maximum atomic E-state index is 6.36. The Morgan fingerprint density at radius 2 is 1.24 bits per heavy atom. The van der Waals surface area contributed by atoms with E-state index in [1.165, 1.54) is 36.9 Å². The Bertz CT molecular complexity index is 3150. The van der Waals surface area contributed by atoms with Crippen molar-refractivity contribution in [2.75, 3.05) is 0 Å². The normalized spacial score (nSPS) is 13.3. The number of hydrogen-bond donors (Lipinski definition) is 0. The molecule has 0 amide bonds. The molecular weight excluding hydrogens is 679 g/mol. The summed E-state index contributed by atoms with van der Waals surface area (Å²) in [4.78, 5) is 15.7. The number of aromatic nitrogens is 3. The van der Waals surface area contributed by atoms with Crippen molar-refractivity contribution < 1.29 is 4.42 Å². The molecule has 6 aromatic carbocycles. The number of thiophene rings is 1. The summed E-state index contributed by atoms with van der Waals surface area (Å²) in [7, 11) is 0. The number of allylic oxidation sites excluding steroid dienone is 4. The van der Waals surface area contributed by atoms with Gasteiger partial charge in [-0.2, -0.15) is 0 Å². The highest BCUT2D eigenvalue weighted by molar-refractivity contribution is 7.26. The van der Waals surface area contributed by atoms with Gasteiger partial charge < -0.3 is 4.42 Å². The van der Waals surface area contributed by atoms with Crippen molar-refractivity contribution in [3.05, 3.63) is 175 Å². The molecule has 0 bridgehead atoms. The Morgan fingerprint density at radius 3 is 2.11 bits per heavy atom. The van der Waals surface area contributed by atoms with Crippen LogP contribution in [0.4, 0.5) is 0 Å². The van der Waals surface area contributed by atoms with Crippen LogP contribution >= 0.6 is 11.3 Å². The van der Waals surface area contributed by atoms with Gasteiger partial charge in [0.2, 0.25) is 0 Å². The van der Waals surface area contributed by atoms with Gasteiger partial charge in [-0.25, -0.2) is 15.0 Å². The van der Waals surface area contributed by atoms with E-state index in [1.54, 1.807) is 0 Å². The molecule has 0 aliphatic heterocycles. The van der Waals surface area contributed by atoms with E-state index >= 15 is 0 Å². The second kappa shape index (κ2) is 12.5. The number of para-hydroxylation sites is 1. The van der Waals surface area contributed by atoms with Gasteiger partial charge in [-0.15, -0.1) is 11.3 Å². The molecule has 10 aromatic rings. The van der Waals surface area contributed by atoms with Crippen LogP contribution < -0.4 is 0 Å². The van der Waals surface area contributed by atoms with Gasteiger partial charge in [-0.1, -0.05) is 133 Å². The number of benzene rings is 6. The molecule has 1 aliphatic carbocycles. The fourth-order valence-corrected chi connectivity index (χ4v) is 9.18. The smallest absolute Gasteiger partial charge is 0.161 e. The third-order valence-electron chi connectivity index (χ3n) is 10.6.